The first-order valence-electron chi connectivity index (χ1n) is 6.06. The summed E-state index contributed by atoms with van der Waals surface area (Å²) in [6.07, 6.45) is 0.861. The number of sulfone groups is 1. The van der Waals surface area contributed by atoms with Crippen LogP contribution in [-0.4, -0.2) is 55.0 Å². The Balaban J connectivity index is 1.94. The van der Waals surface area contributed by atoms with Crippen molar-refractivity contribution >= 4 is 15.7 Å². The van der Waals surface area contributed by atoms with Crippen molar-refractivity contribution in [2.45, 2.75) is 25.9 Å². The van der Waals surface area contributed by atoms with Gasteiger partial charge in [-0.05, 0) is 19.8 Å². The average Bonchev–Trinajstić information content (AvgIpc) is 2.83. The first-order valence-corrected chi connectivity index (χ1v) is 7.88. The van der Waals surface area contributed by atoms with Gasteiger partial charge in [0.05, 0.1) is 23.5 Å². The lowest BCUT2D eigenvalue weighted by Crippen LogP contribution is -2.35. The zero-order valence-corrected chi connectivity index (χ0v) is 10.8. The van der Waals surface area contributed by atoms with E-state index in [4.69, 9.17) is 0 Å². The van der Waals surface area contributed by atoms with E-state index >= 15 is 0 Å². The molecule has 2 heterocycles. The van der Waals surface area contributed by atoms with Crippen molar-refractivity contribution < 1.29 is 18.3 Å². The molecule has 0 aromatic carbocycles. The summed E-state index contributed by atoms with van der Waals surface area (Å²) >= 11 is 0. The summed E-state index contributed by atoms with van der Waals surface area (Å²) in [5.74, 6) is -0.127. The third kappa shape index (κ3) is 2.80. The van der Waals surface area contributed by atoms with Crippen LogP contribution in [0.5, 0.6) is 0 Å². The maximum absolute atomic E-state index is 12.1. The molecule has 3 atom stereocenters. The van der Waals surface area contributed by atoms with E-state index in [0.717, 1.165) is 6.42 Å². The minimum atomic E-state index is -3.00. The van der Waals surface area contributed by atoms with E-state index in [9.17, 15) is 18.3 Å². The number of nitrogens with zero attached hydrogens (tertiary/aromatic N) is 1. The van der Waals surface area contributed by atoms with Crippen LogP contribution in [0.4, 0.5) is 0 Å². The summed E-state index contributed by atoms with van der Waals surface area (Å²) in [4.78, 5) is 13.8. The molecule has 1 amide bonds. The van der Waals surface area contributed by atoms with Crippen LogP contribution in [0, 0.1) is 11.8 Å². The first kappa shape index (κ1) is 12.8. The summed E-state index contributed by atoms with van der Waals surface area (Å²) in [6.45, 7) is 2.94. The second-order valence-corrected chi connectivity index (χ2v) is 7.40. The fourth-order valence-electron chi connectivity index (χ4n) is 2.63. The van der Waals surface area contributed by atoms with Crippen molar-refractivity contribution in [3.63, 3.8) is 0 Å². The Hall–Kier alpha value is -0.620. The van der Waals surface area contributed by atoms with Gasteiger partial charge in [0.1, 0.15) is 0 Å². The van der Waals surface area contributed by atoms with E-state index in [2.05, 4.69) is 0 Å². The molecule has 3 unspecified atom stereocenters. The largest absolute Gasteiger partial charge is 0.393 e. The molecular weight excluding hydrogens is 242 g/mol. The van der Waals surface area contributed by atoms with Crippen molar-refractivity contribution in [2.24, 2.45) is 11.8 Å². The van der Waals surface area contributed by atoms with Gasteiger partial charge in [0, 0.05) is 19.0 Å². The van der Waals surface area contributed by atoms with Crippen LogP contribution in [0.1, 0.15) is 19.8 Å². The molecule has 0 radical (unpaired) electrons. The molecule has 2 fully saturated rings. The van der Waals surface area contributed by atoms with E-state index in [1.165, 1.54) is 0 Å². The zero-order valence-electron chi connectivity index (χ0n) is 10.0. The highest BCUT2D eigenvalue weighted by atomic mass is 32.2. The fraction of sp³-hybridized carbons (Fsp3) is 0.909. The lowest BCUT2D eigenvalue weighted by atomic mass is 10.0. The highest BCUT2D eigenvalue weighted by molar-refractivity contribution is 7.91. The van der Waals surface area contributed by atoms with Crippen LogP contribution in [0.3, 0.4) is 0 Å². The third-order valence-electron chi connectivity index (χ3n) is 3.80. The zero-order chi connectivity index (χ0) is 12.6. The number of aliphatic hydroxyl groups excluding tert-OH is 1. The third-order valence-corrected chi connectivity index (χ3v) is 5.57. The molecule has 98 valence electrons. The van der Waals surface area contributed by atoms with Crippen molar-refractivity contribution in [1.82, 2.24) is 4.90 Å². The van der Waals surface area contributed by atoms with Crippen LogP contribution < -0.4 is 0 Å². The number of amides is 1. The molecule has 2 saturated heterocycles. The quantitative estimate of drug-likeness (QED) is 0.737. The second kappa shape index (κ2) is 4.57. The molecule has 17 heavy (non-hydrogen) atoms. The lowest BCUT2D eigenvalue weighted by molar-refractivity contribution is -0.133. The van der Waals surface area contributed by atoms with Gasteiger partial charge in [0.25, 0.3) is 0 Å². The van der Waals surface area contributed by atoms with Crippen LogP contribution >= 0.6 is 0 Å². The van der Waals surface area contributed by atoms with Crippen LogP contribution in [0.15, 0.2) is 0 Å². The standard InChI is InChI=1S/C11H19NO4S/c1-8(13)9-2-4-12(6-9)11(14)10-3-5-17(15,16)7-10/h8-10,13H,2-7H2,1H3. The first-order chi connectivity index (χ1) is 7.89. The van der Waals surface area contributed by atoms with E-state index in [1.807, 2.05) is 0 Å². The van der Waals surface area contributed by atoms with Crippen molar-refractivity contribution in [3.05, 3.63) is 0 Å². The van der Waals surface area contributed by atoms with Gasteiger partial charge in [-0.1, -0.05) is 0 Å². The molecule has 0 spiro atoms. The monoisotopic (exact) mass is 261 g/mol. The van der Waals surface area contributed by atoms with Gasteiger partial charge in [-0.3, -0.25) is 4.79 Å². The topological polar surface area (TPSA) is 74.7 Å². The van der Waals surface area contributed by atoms with Gasteiger partial charge in [-0.2, -0.15) is 0 Å². The SMILES string of the molecule is CC(O)C1CCN(C(=O)C2CCS(=O)(=O)C2)C1. The summed E-state index contributed by atoms with van der Waals surface area (Å²) in [5.41, 5.74) is 0. The number of carbonyl (C=O) groups excluding carboxylic acids is 1. The van der Waals surface area contributed by atoms with Gasteiger partial charge in [0.15, 0.2) is 9.84 Å². The lowest BCUT2D eigenvalue weighted by Gasteiger charge is -2.20. The number of carbonyl (C=O) groups is 1. The van der Waals surface area contributed by atoms with E-state index < -0.39 is 15.9 Å². The summed E-state index contributed by atoms with van der Waals surface area (Å²) < 4.78 is 22.6. The molecule has 0 aromatic rings. The Bertz CT molecular complexity index is 404. The van der Waals surface area contributed by atoms with E-state index in [-0.39, 0.29) is 29.2 Å². The molecule has 1 N–H and O–H groups in total. The Morgan fingerprint density at radius 3 is 2.59 bits per heavy atom. The maximum Gasteiger partial charge on any atom is 0.226 e. The van der Waals surface area contributed by atoms with Crippen LogP contribution in [0.25, 0.3) is 0 Å². The average molecular weight is 261 g/mol. The molecule has 2 rings (SSSR count). The maximum atomic E-state index is 12.1. The number of aliphatic hydroxyl groups is 1. The van der Waals surface area contributed by atoms with Gasteiger partial charge in [-0.25, -0.2) is 8.42 Å². The minimum absolute atomic E-state index is 0.00167. The predicted molar refractivity (Wildman–Crippen MR) is 63.1 cm³/mol. The molecule has 0 aromatic heterocycles. The molecule has 2 aliphatic heterocycles. The summed E-state index contributed by atoms with van der Waals surface area (Å²) in [7, 11) is -3.00. The molecule has 5 nitrogen and oxygen atoms in total. The highest BCUT2D eigenvalue weighted by Gasteiger charge is 2.38. The highest BCUT2D eigenvalue weighted by Crippen LogP contribution is 2.25. The van der Waals surface area contributed by atoms with E-state index in [1.54, 1.807) is 11.8 Å². The van der Waals surface area contributed by atoms with Crippen molar-refractivity contribution in [1.29, 1.82) is 0 Å². The number of hydrogen-bond donors (Lipinski definition) is 1. The Morgan fingerprint density at radius 2 is 2.12 bits per heavy atom. The number of rotatable bonds is 2. The molecule has 0 saturated carbocycles. The van der Waals surface area contributed by atoms with Crippen LogP contribution in [0.2, 0.25) is 0 Å². The van der Waals surface area contributed by atoms with Crippen molar-refractivity contribution in [2.75, 3.05) is 24.6 Å². The fourth-order valence-corrected chi connectivity index (χ4v) is 4.36. The Morgan fingerprint density at radius 1 is 1.41 bits per heavy atom. The molecule has 6 heteroatoms. The summed E-state index contributed by atoms with van der Waals surface area (Å²) in [6, 6.07) is 0. The molecule has 2 aliphatic rings. The summed E-state index contributed by atoms with van der Waals surface area (Å²) in [5, 5.41) is 9.47. The smallest absolute Gasteiger partial charge is 0.226 e. The van der Waals surface area contributed by atoms with Crippen LogP contribution in [-0.2, 0) is 14.6 Å². The van der Waals surface area contributed by atoms with Gasteiger partial charge < -0.3 is 10.0 Å². The minimum Gasteiger partial charge on any atom is -0.393 e. The molecule has 0 aliphatic carbocycles. The van der Waals surface area contributed by atoms with Gasteiger partial charge in [0.2, 0.25) is 5.91 Å². The van der Waals surface area contributed by atoms with E-state index in [0.29, 0.717) is 19.5 Å². The normalized spacial score (nSPS) is 33.9. The Kier molecular flexibility index (Phi) is 3.45. The number of hydrogen-bond acceptors (Lipinski definition) is 4. The predicted octanol–water partition coefficient (Wildman–Crippen LogP) is -0.350. The Labute approximate surface area is 102 Å². The van der Waals surface area contributed by atoms with Gasteiger partial charge in [-0.15, -0.1) is 0 Å². The molecule has 0 bridgehead atoms. The van der Waals surface area contributed by atoms with Crippen molar-refractivity contribution in [3.8, 4) is 0 Å². The van der Waals surface area contributed by atoms with Gasteiger partial charge >= 0.3 is 0 Å². The second-order valence-electron chi connectivity index (χ2n) is 5.17. The number of likely N-dealkylation sites (tertiary alicyclic amines) is 1. The molecular formula is C11H19NO4S.